The fourth-order valence-corrected chi connectivity index (χ4v) is 3.91. The molecule has 5 rings (SSSR count). The number of hydrogen-bond acceptors (Lipinski definition) is 9. The number of aromatic nitrogens is 5. The molecule has 188 valence electrons. The second-order valence-corrected chi connectivity index (χ2v) is 8.75. The van der Waals surface area contributed by atoms with Crippen molar-refractivity contribution in [2.75, 3.05) is 24.3 Å². The number of rotatable bonds is 7. The number of benzene rings is 1. The number of nitrogens with one attached hydrogen (secondary N) is 1. The van der Waals surface area contributed by atoms with E-state index in [4.69, 9.17) is 19.9 Å². The Balaban J connectivity index is 0.00000169. The highest BCUT2D eigenvalue weighted by atomic mass is 19.1. The van der Waals surface area contributed by atoms with Gasteiger partial charge in [-0.25, -0.2) is 13.9 Å². The third-order valence-corrected chi connectivity index (χ3v) is 5.58. The molecule has 11 heteroatoms. The van der Waals surface area contributed by atoms with Gasteiger partial charge in [0.2, 0.25) is 0 Å². The quantitative estimate of drug-likeness (QED) is 0.393. The first-order chi connectivity index (χ1) is 16.8. The topological polar surface area (TPSA) is 122 Å². The van der Waals surface area contributed by atoms with Gasteiger partial charge in [0.25, 0.3) is 0 Å². The summed E-state index contributed by atoms with van der Waals surface area (Å²) in [4.78, 5) is 13.5. The van der Waals surface area contributed by atoms with E-state index in [0.717, 1.165) is 5.56 Å². The SMILES string of the molecule is C[C@H](Nc1cc(-c2c(N)nn3cccnc23)nc(OCC2COC(C)(C)O2)n1)c1ccc(F)cc1.[HH].[HH].[HH]. The molecule has 1 unspecified atom stereocenters. The second-order valence-electron chi connectivity index (χ2n) is 8.75. The van der Waals surface area contributed by atoms with Crippen molar-refractivity contribution in [2.45, 2.75) is 38.7 Å². The third-order valence-electron chi connectivity index (χ3n) is 5.58. The molecule has 0 amide bonds. The van der Waals surface area contributed by atoms with Crippen molar-refractivity contribution < 1.29 is 22.9 Å². The first-order valence-electron chi connectivity index (χ1n) is 11.2. The van der Waals surface area contributed by atoms with Crippen LogP contribution in [0.5, 0.6) is 6.01 Å². The lowest BCUT2D eigenvalue weighted by molar-refractivity contribution is -0.141. The first kappa shape index (κ1) is 22.9. The molecule has 1 aliphatic heterocycles. The van der Waals surface area contributed by atoms with Gasteiger partial charge in [-0.1, -0.05) is 12.1 Å². The largest absolute Gasteiger partial charge is 0.461 e. The molecule has 10 nitrogen and oxygen atoms in total. The first-order valence-corrected chi connectivity index (χ1v) is 11.2. The Bertz CT molecular complexity index is 1360. The molecule has 4 aromatic rings. The lowest BCUT2D eigenvalue weighted by atomic mass is 10.1. The maximum Gasteiger partial charge on any atom is 0.319 e. The monoisotopic (exact) mass is 485 g/mol. The zero-order valence-corrected chi connectivity index (χ0v) is 19.6. The maximum atomic E-state index is 13.4. The van der Waals surface area contributed by atoms with Gasteiger partial charge in [-0.05, 0) is 44.5 Å². The van der Waals surface area contributed by atoms with Gasteiger partial charge in [0.1, 0.15) is 24.3 Å². The predicted octanol–water partition coefficient (Wildman–Crippen LogP) is 4.35. The van der Waals surface area contributed by atoms with Gasteiger partial charge in [0.05, 0.1) is 17.9 Å². The minimum Gasteiger partial charge on any atom is -0.461 e. The Labute approximate surface area is 205 Å². The molecular weight excluding hydrogens is 453 g/mol. The molecule has 0 radical (unpaired) electrons. The summed E-state index contributed by atoms with van der Waals surface area (Å²) in [6, 6.07) is 9.77. The molecule has 2 atom stereocenters. The summed E-state index contributed by atoms with van der Waals surface area (Å²) in [6.45, 7) is 6.27. The third kappa shape index (κ3) is 5.00. The summed E-state index contributed by atoms with van der Waals surface area (Å²) in [7, 11) is 0. The molecule has 1 aromatic carbocycles. The average Bonchev–Trinajstić information content (AvgIpc) is 3.35. The molecule has 1 aliphatic rings. The Morgan fingerprint density at radius 1 is 1.31 bits per heavy atom. The van der Waals surface area contributed by atoms with E-state index < -0.39 is 5.79 Å². The van der Waals surface area contributed by atoms with E-state index in [2.05, 4.69) is 25.4 Å². The van der Waals surface area contributed by atoms with E-state index in [0.29, 0.717) is 29.3 Å². The maximum absolute atomic E-state index is 13.4. The molecule has 0 bridgehead atoms. The number of ether oxygens (including phenoxy) is 3. The molecular formula is C24H32FN7O3. The van der Waals surface area contributed by atoms with Crippen LogP contribution in [0.4, 0.5) is 16.0 Å². The van der Waals surface area contributed by atoms with Crippen molar-refractivity contribution in [1.82, 2.24) is 24.6 Å². The number of anilines is 2. The van der Waals surface area contributed by atoms with E-state index in [1.165, 1.54) is 12.1 Å². The van der Waals surface area contributed by atoms with E-state index in [-0.39, 0.29) is 40.7 Å². The molecule has 1 fully saturated rings. The highest BCUT2D eigenvalue weighted by molar-refractivity contribution is 5.85. The van der Waals surface area contributed by atoms with Gasteiger partial charge in [-0.15, -0.1) is 5.10 Å². The van der Waals surface area contributed by atoms with Crippen LogP contribution < -0.4 is 15.8 Å². The standard InChI is InChI=1S/C24H26FN7O3.3H2/c1-14(15-5-7-16(25)8-6-15)28-19-11-18(20-21(26)31-32-10-4-9-27-22(20)32)29-23(30-19)33-12-17-13-34-24(2,3)35-17;;;/h4-11,14,17H,12-13H2,1-3H3,(H2,26,31)(H,28,29,30);3*1H/t14-,17?;;;/m0.../s1. The van der Waals surface area contributed by atoms with Crippen LogP contribution in [0.2, 0.25) is 0 Å². The van der Waals surface area contributed by atoms with Gasteiger partial charge in [-0.3, -0.25) is 0 Å². The molecule has 4 heterocycles. The number of fused-ring (bicyclic) bond motifs is 1. The number of hydrogen-bond donors (Lipinski definition) is 2. The zero-order valence-electron chi connectivity index (χ0n) is 19.6. The summed E-state index contributed by atoms with van der Waals surface area (Å²) in [5, 5.41) is 7.66. The van der Waals surface area contributed by atoms with Crippen LogP contribution in [-0.4, -0.2) is 49.7 Å². The highest BCUT2D eigenvalue weighted by Crippen LogP contribution is 2.31. The molecule has 0 spiro atoms. The smallest absolute Gasteiger partial charge is 0.319 e. The minimum absolute atomic E-state index is 0. The average molecular weight is 486 g/mol. The van der Waals surface area contributed by atoms with Crippen molar-refractivity contribution in [2.24, 2.45) is 0 Å². The summed E-state index contributed by atoms with van der Waals surface area (Å²) in [6.07, 6.45) is 3.17. The van der Waals surface area contributed by atoms with Gasteiger partial charge in [0, 0.05) is 28.8 Å². The molecule has 1 saturated heterocycles. The van der Waals surface area contributed by atoms with E-state index in [1.54, 1.807) is 41.2 Å². The van der Waals surface area contributed by atoms with Crippen molar-refractivity contribution in [3.05, 3.63) is 60.2 Å². The van der Waals surface area contributed by atoms with Crippen LogP contribution in [-0.2, 0) is 9.47 Å². The van der Waals surface area contributed by atoms with Crippen LogP contribution >= 0.6 is 0 Å². The number of nitrogen functional groups attached to an aromatic ring is 1. The normalized spacial score (nSPS) is 18.0. The van der Waals surface area contributed by atoms with Crippen LogP contribution in [0.1, 0.15) is 36.7 Å². The minimum atomic E-state index is -0.661. The summed E-state index contributed by atoms with van der Waals surface area (Å²) < 4.78 is 32.3. The van der Waals surface area contributed by atoms with Gasteiger partial charge in [-0.2, -0.15) is 9.97 Å². The van der Waals surface area contributed by atoms with Crippen molar-refractivity contribution in [3.63, 3.8) is 0 Å². The van der Waals surface area contributed by atoms with Gasteiger partial charge in [0.15, 0.2) is 17.3 Å². The van der Waals surface area contributed by atoms with E-state index in [9.17, 15) is 4.39 Å². The summed E-state index contributed by atoms with van der Waals surface area (Å²) in [5.74, 6) is -0.176. The van der Waals surface area contributed by atoms with Crippen molar-refractivity contribution >= 4 is 17.3 Å². The van der Waals surface area contributed by atoms with Crippen LogP contribution in [0, 0.1) is 5.82 Å². The molecule has 35 heavy (non-hydrogen) atoms. The van der Waals surface area contributed by atoms with Gasteiger partial charge < -0.3 is 25.3 Å². The lowest BCUT2D eigenvalue weighted by Gasteiger charge is -2.18. The fourth-order valence-electron chi connectivity index (χ4n) is 3.91. The highest BCUT2D eigenvalue weighted by Gasteiger charge is 2.33. The van der Waals surface area contributed by atoms with Crippen LogP contribution in [0.25, 0.3) is 16.9 Å². The molecule has 3 N–H and O–H groups in total. The molecule has 3 aromatic heterocycles. The lowest BCUT2D eigenvalue weighted by Crippen LogP contribution is -2.25. The predicted molar refractivity (Wildman–Crippen MR) is 134 cm³/mol. The second kappa shape index (κ2) is 9.08. The number of halogens is 1. The van der Waals surface area contributed by atoms with Crippen molar-refractivity contribution in [1.29, 1.82) is 0 Å². The molecule has 0 saturated carbocycles. The number of nitrogens with two attached hydrogens (primary N) is 1. The summed E-state index contributed by atoms with van der Waals surface area (Å²) in [5.41, 5.74) is 8.75. The van der Waals surface area contributed by atoms with Crippen molar-refractivity contribution in [3.8, 4) is 17.3 Å². The van der Waals surface area contributed by atoms with E-state index in [1.807, 2.05) is 20.8 Å². The van der Waals surface area contributed by atoms with Gasteiger partial charge >= 0.3 is 6.01 Å². The molecule has 0 aliphatic carbocycles. The Hall–Kier alpha value is -3.83. The Kier molecular flexibility index (Phi) is 5.95. The Morgan fingerprint density at radius 3 is 2.86 bits per heavy atom. The zero-order chi connectivity index (χ0) is 24.6. The summed E-state index contributed by atoms with van der Waals surface area (Å²) >= 11 is 0. The van der Waals surface area contributed by atoms with E-state index >= 15 is 0 Å². The fraction of sp³-hybridized carbons (Fsp3) is 0.333. The Morgan fingerprint density at radius 2 is 2.11 bits per heavy atom. The van der Waals surface area contributed by atoms with Crippen LogP contribution in [0.3, 0.4) is 0 Å². The number of nitrogens with zero attached hydrogens (tertiary/aromatic N) is 5. The van der Waals surface area contributed by atoms with Crippen LogP contribution in [0.15, 0.2) is 48.8 Å².